The minimum atomic E-state index is -1.98. The molecule has 4 atom stereocenters. The minimum absolute atomic E-state index is 0.00759. The summed E-state index contributed by atoms with van der Waals surface area (Å²) in [6.45, 7) is 5.71. The molecule has 1 aliphatic rings. The number of Topliss-reactive ketones (excluding diaryl/α,β-unsaturated/α-hetero) is 2. The van der Waals surface area contributed by atoms with Crippen molar-refractivity contribution in [1.29, 1.82) is 0 Å². The average Bonchev–Trinajstić information content (AvgIpc) is 2.75. The number of ether oxygens (including phenoxy) is 1. The van der Waals surface area contributed by atoms with Crippen LogP contribution in [0.2, 0.25) is 0 Å². The number of fused-ring (bicyclic) bond motifs is 1. The van der Waals surface area contributed by atoms with Crippen LogP contribution in [0.5, 0.6) is 5.75 Å². The number of β-amino-alcohol motifs (C(OH)–C–C–N with tert-alkyl or cyclic N) is 1. The van der Waals surface area contributed by atoms with Crippen molar-refractivity contribution in [3.63, 3.8) is 0 Å². The number of aliphatic hydroxyl groups excluding tert-OH is 3. The van der Waals surface area contributed by atoms with Crippen molar-refractivity contribution in [2.24, 2.45) is 5.18 Å². The largest absolute Gasteiger partial charge is 0.491 e. The topological polar surface area (TPSA) is 146 Å². The highest BCUT2D eigenvalue weighted by molar-refractivity contribution is 6.14. The number of nitrogens with one attached hydrogen (secondary N) is 1. The van der Waals surface area contributed by atoms with E-state index in [0.29, 0.717) is 12.2 Å². The normalized spacial score (nSPS) is 21.5. The van der Waals surface area contributed by atoms with Crippen molar-refractivity contribution in [3.8, 4) is 5.75 Å². The summed E-state index contributed by atoms with van der Waals surface area (Å²) in [5.41, 5.74) is -1.58. The third kappa shape index (κ3) is 5.54. The summed E-state index contributed by atoms with van der Waals surface area (Å²) >= 11 is 0. The Labute approximate surface area is 181 Å². The summed E-state index contributed by atoms with van der Waals surface area (Å²) in [6.07, 6.45) is -2.09. The number of carbonyl (C=O) groups is 2. The maximum atomic E-state index is 12.8. The molecule has 4 unspecified atom stereocenters. The Bertz CT molecular complexity index is 826. The van der Waals surface area contributed by atoms with E-state index in [-0.39, 0.29) is 26.0 Å². The molecule has 0 fully saturated rings. The van der Waals surface area contributed by atoms with Crippen LogP contribution in [-0.4, -0.2) is 69.4 Å². The maximum absolute atomic E-state index is 12.8. The van der Waals surface area contributed by atoms with Gasteiger partial charge in [0, 0.05) is 31.4 Å². The van der Waals surface area contributed by atoms with Crippen molar-refractivity contribution in [2.75, 3.05) is 13.2 Å². The van der Waals surface area contributed by atoms with Crippen LogP contribution in [-0.2, 0) is 22.4 Å². The second kappa shape index (κ2) is 9.95. The molecular weight excluding hydrogens is 404 g/mol. The summed E-state index contributed by atoms with van der Waals surface area (Å²) in [5, 5.41) is 35.8. The fourth-order valence-corrected chi connectivity index (χ4v) is 3.75. The summed E-state index contributed by atoms with van der Waals surface area (Å²) < 4.78 is 5.73. The molecule has 0 heterocycles. The molecule has 1 aromatic carbocycles. The van der Waals surface area contributed by atoms with Crippen LogP contribution in [0.25, 0.3) is 0 Å². The zero-order valence-corrected chi connectivity index (χ0v) is 18.4. The van der Waals surface area contributed by atoms with Gasteiger partial charge in [0.05, 0.1) is 17.7 Å². The second-order valence-corrected chi connectivity index (χ2v) is 8.68. The molecule has 0 aliphatic heterocycles. The van der Waals surface area contributed by atoms with Gasteiger partial charge in [0.1, 0.15) is 18.5 Å². The smallest absolute Gasteiger partial charge is 0.217 e. The molecule has 0 saturated heterocycles. The number of hydrogen-bond acceptors (Lipinski definition) is 9. The van der Waals surface area contributed by atoms with Gasteiger partial charge in [-0.25, -0.2) is 0 Å². The molecule has 0 aromatic heterocycles. The lowest BCUT2D eigenvalue weighted by Crippen LogP contribution is -2.59. The Morgan fingerprint density at radius 2 is 1.87 bits per heavy atom. The van der Waals surface area contributed by atoms with E-state index in [1.54, 1.807) is 19.1 Å². The first-order valence-corrected chi connectivity index (χ1v) is 10.4. The van der Waals surface area contributed by atoms with E-state index in [1.165, 1.54) is 20.8 Å². The molecule has 9 heteroatoms. The van der Waals surface area contributed by atoms with Gasteiger partial charge in [0.25, 0.3) is 0 Å². The van der Waals surface area contributed by atoms with Crippen molar-refractivity contribution >= 4 is 11.6 Å². The lowest BCUT2D eigenvalue weighted by atomic mass is 9.80. The predicted molar refractivity (Wildman–Crippen MR) is 114 cm³/mol. The first-order valence-electron chi connectivity index (χ1n) is 10.4. The van der Waals surface area contributed by atoms with E-state index < -0.39 is 41.0 Å². The standard InChI is InChI=1S/C22H32N2O7/c1-5-19(28)22(4,24-30)20(29)21(2,3)23-11-14(25)12-31-18-8-6-7-13-9-16(26)17(27)10-15(13)18/h6-8,14,16-17,23,25-27H,5,9-12H2,1-4H3. The monoisotopic (exact) mass is 436 g/mol. The van der Waals surface area contributed by atoms with E-state index in [1.807, 2.05) is 6.07 Å². The Morgan fingerprint density at radius 1 is 1.23 bits per heavy atom. The number of benzene rings is 1. The zero-order chi connectivity index (χ0) is 23.4. The molecule has 0 bridgehead atoms. The number of nitroso groups, excluding NO2 is 1. The van der Waals surface area contributed by atoms with Gasteiger partial charge in [-0.3, -0.25) is 9.59 Å². The molecule has 0 saturated carbocycles. The highest BCUT2D eigenvalue weighted by Crippen LogP contribution is 2.30. The Balaban J connectivity index is 1.97. The highest BCUT2D eigenvalue weighted by Gasteiger charge is 2.48. The molecule has 9 nitrogen and oxygen atoms in total. The molecule has 31 heavy (non-hydrogen) atoms. The van der Waals surface area contributed by atoms with Gasteiger partial charge < -0.3 is 25.4 Å². The summed E-state index contributed by atoms with van der Waals surface area (Å²) in [7, 11) is 0. The van der Waals surface area contributed by atoms with Crippen LogP contribution in [0, 0.1) is 4.91 Å². The van der Waals surface area contributed by atoms with Crippen LogP contribution in [0.1, 0.15) is 45.2 Å². The zero-order valence-electron chi connectivity index (χ0n) is 18.4. The Hall–Kier alpha value is -2.20. The third-order valence-corrected chi connectivity index (χ3v) is 5.78. The number of aliphatic hydroxyl groups is 3. The lowest BCUT2D eigenvalue weighted by molar-refractivity contribution is -0.137. The molecule has 0 spiro atoms. The van der Waals surface area contributed by atoms with Crippen molar-refractivity contribution in [1.82, 2.24) is 5.32 Å². The molecular formula is C22H32N2O7. The summed E-state index contributed by atoms with van der Waals surface area (Å²) in [4.78, 5) is 36.1. The first-order chi connectivity index (χ1) is 14.5. The van der Waals surface area contributed by atoms with E-state index >= 15 is 0 Å². The number of carbonyl (C=O) groups excluding carboxylic acids is 2. The summed E-state index contributed by atoms with van der Waals surface area (Å²) in [6, 6.07) is 5.37. The molecule has 0 amide bonds. The fourth-order valence-electron chi connectivity index (χ4n) is 3.75. The molecule has 0 radical (unpaired) electrons. The molecule has 172 valence electrons. The van der Waals surface area contributed by atoms with Gasteiger partial charge in [-0.15, -0.1) is 4.91 Å². The van der Waals surface area contributed by atoms with Crippen LogP contribution in [0.3, 0.4) is 0 Å². The Kier molecular flexibility index (Phi) is 8.04. The van der Waals surface area contributed by atoms with Crippen LogP contribution < -0.4 is 10.1 Å². The maximum Gasteiger partial charge on any atom is 0.217 e. The number of nitrogens with zero attached hydrogens (tertiary/aromatic N) is 1. The van der Waals surface area contributed by atoms with Crippen molar-refractivity contribution in [3.05, 3.63) is 34.2 Å². The van der Waals surface area contributed by atoms with Crippen LogP contribution in [0.4, 0.5) is 0 Å². The molecule has 2 rings (SSSR count). The van der Waals surface area contributed by atoms with Gasteiger partial charge in [0.2, 0.25) is 5.54 Å². The van der Waals surface area contributed by atoms with Gasteiger partial charge in [-0.2, -0.15) is 0 Å². The van der Waals surface area contributed by atoms with E-state index in [9.17, 15) is 29.8 Å². The van der Waals surface area contributed by atoms with Gasteiger partial charge >= 0.3 is 0 Å². The molecule has 4 N–H and O–H groups in total. The molecule has 1 aliphatic carbocycles. The van der Waals surface area contributed by atoms with E-state index in [2.05, 4.69) is 10.5 Å². The fraction of sp³-hybridized carbons (Fsp3) is 0.636. The third-order valence-electron chi connectivity index (χ3n) is 5.78. The van der Waals surface area contributed by atoms with Crippen molar-refractivity contribution < 1.29 is 29.6 Å². The lowest BCUT2D eigenvalue weighted by Gasteiger charge is -2.32. The minimum Gasteiger partial charge on any atom is -0.491 e. The summed E-state index contributed by atoms with van der Waals surface area (Å²) in [5.74, 6) is -0.712. The molecule has 1 aromatic rings. The SMILES string of the molecule is CCC(=O)C(C)(N=O)C(=O)C(C)(C)NCC(O)COc1cccc2c1CC(O)C(O)C2. The average molecular weight is 437 g/mol. The van der Waals surface area contributed by atoms with Crippen molar-refractivity contribution in [2.45, 2.75) is 76.3 Å². The quantitative estimate of drug-likeness (QED) is 0.293. The van der Waals surface area contributed by atoms with Gasteiger partial charge in [-0.05, 0) is 37.6 Å². The Morgan fingerprint density at radius 3 is 2.48 bits per heavy atom. The van der Waals surface area contributed by atoms with E-state index in [4.69, 9.17) is 4.74 Å². The number of rotatable bonds is 11. The predicted octanol–water partition coefficient (Wildman–Crippen LogP) is 0.688. The second-order valence-electron chi connectivity index (χ2n) is 8.68. The number of ketones is 2. The van der Waals surface area contributed by atoms with E-state index in [0.717, 1.165) is 11.1 Å². The highest BCUT2D eigenvalue weighted by atomic mass is 16.5. The first kappa shape index (κ1) is 25.1. The van der Waals surface area contributed by atoms with Gasteiger partial charge in [0.15, 0.2) is 11.6 Å². The number of hydrogen-bond donors (Lipinski definition) is 4. The van der Waals surface area contributed by atoms with Gasteiger partial charge in [-0.1, -0.05) is 19.1 Å². The van der Waals surface area contributed by atoms with Crippen LogP contribution in [0.15, 0.2) is 23.4 Å². The van der Waals surface area contributed by atoms with Crippen LogP contribution >= 0.6 is 0 Å².